The first-order valence-electron chi connectivity index (χ1n) is 5.66. The molecular weight excluding hydrogens is 352 g/mol. The molecule has 0 spiro atoms. The molecule has 1 rings (SSSR count). The van der Waals surface area contributed by atoms with Crippen LogP contribution in [0.3, 0.4) is 0 Å². The Morgan fingerprint density at radius 3 is 1.78 bits per heavy atom. The van der Waals surface area contributed by atoms with Crippen LogP contribution in [-0.2, 0) is 14.9 Å². The molecule has 0 aromatic heterocycles. The highest BCUT2D eigenvalue weighted by molar-refractivity contribution is 7.85. The lowest BCUT2D eigenvalue weighted by Crippen LogP contribution is -2.39. The van der Waals surface area contributed by atoms with E-state index >= 15 is 0 Å². The maximum absolute atomic E-state index is 13.6. The Balaban J connectivity index is 3.50. The van der Waals surface area contributed by atoms with E-state index in [1.165, 1.54) is 0 Å². The predicted molar refractivity (Wildman–Crippen MR) is 62.2 cm³/mol. The van der Waals surface area contributed by atoms with E-state index in [2.05, 4.69) is 4.74 Å². The van der Waals surface area contributed by atoms with Crippen LogP contribution in [-0.4, -0.2) is 42.4 Å². The molecule has 0 heterocycles. The van der Waals surface area contributed by atoms with Crippen LogP contribution >= 0.6 is 0 Å². The van der Waals surface area contributed by atoms with Crippen molar-refractivity contribution in [3.05, 3.63) is 23.3 Å². The van der Waals surface area contributed by atoms with E-state index in [0.717, 1.165) is 6.92 Å². The van der Waals surface area contributed by atoms with Crippen LogP contribution in [0.2, 0.25) is 0 Å². The molecule has 0 aliphatic heterocycles. The van der Waals surface area contributed by atoms with Crippen molar-refractivity contribution in [1.29, 1.82) is 0 Å². The van der Waals surface area contributed by atoms with Crippen LogP contribution in [0, 0.1) is 28.7 Å². The highest BCUT2D eigenvalue weighted by atomic mass is 32.2. The van der Waals surface area contributed by atoms with Gasteiger partial charge in [-0.3, -0.25) is 4.79 Å². The van der Waals surface area contributed by atoms with Crippen LogP contribution in [0.25, 0.3) is 0 Å². The van der Waals surface area contributed by atoms with Crippen molar-refractivity contribution < 1.29 is 50.3 Å². The van der Waals surface area contributed by atoms with Crippen molar-refractivity contribution in [2.24, 2.45) is 5.41 Å². The van der Waals surface area contributed by atoms with E-state index in [-0.39, 0.29) is 0 Å². The Bertz CT molecular complexity index is 714. The number of hydrogen-bond donors (Lipinski definition) is 2. The molecule has 23 heavy (non-hydrogen) atoms. The summed E-state index contributed by atoms with van der Waals surface area (Å²) in [6.45, 7) is -1.17. The zero-order valence-corrected chi connectivity index (χ0v) is 12.1. The first-order chi connectivity index (χ1) is 10.4. The molecule has 0 saturated heterocycles. The lowest BCUT2D eigenvalue weighted by atomic mass is 9.93. The Morgan fingerprint density at radius 2 is 1.48 bits per heavy atom. The minimum atomic E-state index is -5.89. The summed E-state index contributed by atoms with van der Waals surface area (Å²) in [5.74, 6) is -13.6. The maximum Gasteiger partial charge on any atom is 0.322 e. The van der Waals surface area contributed by atoms with Gasteiger partial charge in [0.25, 0.3) is 0 Å². The lowest BCUT2D eigenvalue weighted by molar-refractivity contribution is -0.150. The van der Waals surface area contributed by atoms with Crippen LogP contribution in [0.4, 0.5) is 17.6 Å². The summed E-state index contributed by atoms with van der Waals surface area (Å²) in [7, 11) is -5.89. The summed E-state index contributed by atoms with van der Waals surface area (Å²) in [6.07, 6.45) is 0. The highest BCUT2D eigenvalue weighted by Gasteiger charge is 2.37. The number of ether oxygens (including phenoxy) is 1. The van der Waals surface area contributed by atoms with Crippen molar-refractivity contribution in [2.45, 2.75) is 11.8 Å². The van der Waals surface area contributed by atoms with Gasteiger partial charge in [-0.15, -0.1) is 0 Å². The normalized spacial score (nSPS) is 12.3. The van der Waals surface area contributed by atoms with Gasteiger partial charge in [0.05, 0.1) is 13.2 Å². The van der Waals surface area contributed by atoms with Gasteiger partial charge in [0.1, 0.15) is 20.4 Å². The zero-order valence-electron chi connectivity index (χ0n) is 11.3. The molecule has 0 unspecified atom stereocenters. The van der Waals surface area contributed by atoms with Gasteiger partial charge in [0, 0.05) is 0 Å². The van der Waals surface area contributed by atoms with E-state index in [4.69, 9.17) is 10.2 Å². The van der Waals surface area contributed by atoms with Gasteiger partial charge in [-0.25, -0.2) is 17.2 Å². The van der Waals surface area contributed by atoms with Gasteiger partial charge >= 0.3 is 5.97 Å². The van der Waals surface area contributed by atoms with Crippen molar-refractivity contribution in [3.63, 3.8) is 0 Å². The monoisotopic (exact) mass is 361 g/mol. The first kappa shape index (κ1) is 19.3. The number of rotatable bonds is 5. The second-order valence-electron chi connectivity index (χ2n) is 4.63. The molecule has 0 aliphatic carbocycles. The molecule has 130 valence electrons. The van der Waals surface area contributed by atoms with Gasteiger partial charge < -0.3 is 19.5 Å². The van der Waals surface area contributed by atoms with Crippen molar-refractivity contribution in [2.75, 3.05) is 13.2 Å². The second kappa shape index (κ2) is 6.39. The van der Waals surface area contributed by atoms with Gasteiger partial charge in [0.15, 0.2) is 11.6 Å². The number of halogens is 4. The summed E-state index contributed by atoms with van der Waals surface area (Å²) < 4.78 is 90.1. The fourth-order valence-electron chi connectivity index (χ4n) is 1.30. The highest BCUT2D eigenvalue weighted by Crippen LogP contribution is 2.33. The SMILES string of the molecule is CC(CO)(CO)C(=O)Oc1c(F)c(F)c(S(=O)(=O)[O-])c(F)c1F. The molecule has 0 saturated carbocycles. The number of carbonyl (C=O) groups is 1. The van der Waals surface area contributed by atoms with Crippen molar-refractivity contribution in [1.82, 2.24) is 0 Å². The molecule has 0 bridgehead atoms. The zero-order chi connectivity index (χ0) is 18.2. The molecule has 1 aromatic carbocycles. The third-order valence-corrected chi connectivity index (χ3v) is 3.68. The Morgan fingerprint density at radius 1 is 1.09 bits per heavy atom. The number of hydrogen-bond acceptors (Lipinski definition) is 7. The largest absolute Gasteiger partial charge is 0.744 e. The summed E-state index contributed by atoms with van der Waals surface area (Å²) in [4.78, 5) is 9.20. The minimum absolute atomic E-state index is 0.911. The fraction of sp³-hybridized carbons (Fsp3) is 0.364. The molecule has 0 amide bonds. The third-order valence-electron chi connectivity index (χ3n) is 2.82. The van der Waals surface area contributed by atoms with Gasteiger partial charge in [-0.05, 0) is 6.92 Å². The summed E-state index contributed by atoms with van der Waals surface area (Å²) in [5.41, 5.74) is -2.06. The number of aliphatic hydroxyl groups excluding tert-OH is 2. The fourth-order valence-corrected chi connectivity index (χ4v) is 1.91. The van der Waals surface area contributed by atoms with E-state index < -0.39 is 68.6 Å². The van der Waals surface area contributed by atoms with Crippen LogP contribution < -0.4 is 4.74 Å². The summed E-state index contributed by atoms with van der Waals surface area (Å²) in [6, 6.07) is 0. The standard InChI is InChI=1S/C11H10F4O7S/c1-11(2-16,3-17)10(18)22-8-4(12)6(14)9(23(19,20)21)7(15)5(8)13/h16-17H,2-3H2,1H3,(H,19,20,21)/p-1. The molecule has 2 N–H and O–H groups in total. The maximum atomic E-state index is 13.6. The molecule has 1 aromatic rings. The first-order valence-corrected chi connectivity index (χ1v) is 7.07. The van der Waals surface area contributed by atoms with Gasteiger partial charge in [-0.1, -0.05) is 0 Å². The van der Waals surface area contributed by atoms with E-state index in [0.29, 0.717) is 0 Å². The number of esters is 1. The van der Waals surface area contributed by atoms with E-state index in [1.807, 2.05) is 0 Å². The van der Waals surface area contributed by atoms with Crippen molar-refractivity contribution >= 4 is 16.1 Å². The molecule has 0 atom stereocenters. The molecular formula is C11H9F4O7S-. The third kappa shape index (κ3) is 3.44. The predicted octanol–water partition coefficient (Wildman–Crippen LogP) is 0.0434. The molecule has 0 fully saturated rings. The van der Waals surface area contributed by atoms with Crippen LogP contribution in [0.15, 0.2) is 4.90 Å². The topological polar surface area (TPSA) is 124 Å². The van der Waals surface area contributed by atoms with Crippen LogP contribution in [0.5, 0.6) is 5.75 Å². The molecule has 0 aliphatic rings. The molecule has 0 radical (unpaired) electrons. The summed E-state index contributed by atoms with van der Waals surface area (Å²) in [5, 5.41) is 17.8. The number of aliphatic hydroxyl groups is 2. The Hall–Kier alpha value is -1.76. The van der Waals surface area contributed by atoms with Crippen molar-refractivity contribution in [3.8, 4) is 5.75 Å². The average Bonchev–Trinajstić information content (AvgIpc) is 2.47. The Kier molecular flexibility index (Phi) is 5.36. The minimum Gasteiger partial charge on any atom is -0.744 e. The molecule has 12 heteroatoms. The number of benzene rings is 1. The number of carbonyl (C=O) groups excluding carboxylic acids is 1. The van der Waals surface area contributed by atoms with Gasteiger partial charge in [-0.2, -0.15) is 8.78 Å². The lowest BCUT2D eigenvalue weighted by Gasteiger charge is -2.22. The van der Waals surface area contributed by atoms with Gasteiger partial charge in [0.2, 0.25) is 17.4 Å². The summed E-state index contributed by atoms with van der Waals surface area (Å²) >= 11 is 0. The Labute approximate surface area is 126 Å². The van der Waals surface area contributed by atoms with E-state index in [1.54, 1.807) is 0 Å². The van der Waals surface area contributed by atoms with Crippen LogP contribution in [0.1, 0.15) is 6.92 Å². The quantitative estimate of drug-likeness (QED) is 0.250. The van der Waals surface area contributed by atoms with E-state index in [9.17, 15) is 35.3 Å². The average molecular weight is 361 g/mol. The molecule has 7 nitrogen and oxygen atoms in total. The second-order valence-corrected chi connectivity index (χ2v) is 5.95. The smallest absolute Gasteiger partial charge is 0.322 e.